The number of rotatable bonds is 6. The molecular weight excluding hydrogens is 346 g/mol. The van der Waals surface area contributed by atoms with Crippen molar-refractivity contribution in [2.45, 2.75) is 30.9 Å². The maximum absolute atomic E-state index is 12.6. The molecule has 3 rings (SSSR count). The van der Waals surface area contributed by atoms with E-state index in [9.17, 15) is 4.79 Å². The normalized spacial score (nSPS) is 12.0. The molecule has 0 saturated carbocycles. The van der Waals surface area contributed by atoms with E-state index in [2.05, 4.69) is 10.2 Å². The van der Waals surface area contributed by atoms with E-state index in [0.29, 0.717) is 17.7 Å². The van der Waals surface area contributed by atoms with Crippen LogP contribution in [0.1, 0.15) is 18.1 Å². The lowest BCUT2D eigenvalue weighted by Crippen LogP contribution is -2.32. The monoisotopic (exact) mass is 367 g/mol. The Balaban J connectivity index is 1.61. The smallest absolute Gasteiger partial charge is 0.277 e. The third-order valence-corrected chi connectivity index (χ3v) is 4.89. The van der Waals surface area contributed by atoms with Gasteiger partial charge in [-0.3, -0.25) is 4.79 Å². The van der Waals surface area contributed by atoms with Gasteiger partial charge in [-0.05, 0) is 31.5 Å². The SMILES string of the molecule is Cc1ccc(-c2nnc(S[C@@H](C)C(=O)N(C)Cc3ccccc3)o2)cc1. The van der Waals surface area contributed by atoms with Crippen LogP contribution in [0.5, 0.6) is 0 Å². The lowest BCUT2D eigenvalue weighted by atomic mass is 10.1. The van der Waals surface area contributed by atoms with E-state index in [1.165, 1.54) is 17.3 Å². The van der Waals surface area contributed by atoms with Crippen LogP contribution in [0.25, 0.3) is 11.5 Å². The number of aromatic nitrogens is 2. The molecule has 1 atom stereocenters. The molecular formula is C20H21N3O2S. The summed E-state index contributed by atoms with van der Waals surface area (Å²) in [5.41, 5.74) is 3.14. The Kier molecular flexibility index (Phi) is 5.73. The molecule has 3 aromatic rings. The number of nitrogens with zero attached hydrogens (tertiary/aromatic N) is 3. The molecule has 0 unspecified atom stereocenters. The van der Waals surface area contributed by atoms with Crippen LogP contribution in [0.15, 0.2) is 64.2 Å². The average Bonchev–Trinajstić information content (AvgIpc) is 3.11. The van der Waals surface area contributed by atoms with Crippen molar-refractivity contribution in [1.29, 1.82) is 0 Å². The Hall–Kier alpha value is -2.60. The van der Waals surface area contributed by atoms with Crippen LogP contribution in [0.2, 0.25) is 0 Å². The summed E-state index contributed by atoms with van der Waals surface area (Å²) < 4.78 is 5.70. The highest BCUT2D eigenvalue weighted by Crippen LogP contribution is 2.27. The number of benzene rings is 2. The number of thioether (sulfide) groups is 1. The van der Waals surface area contributed by atoms with Crippen LogP contribution in [0.3, 0.4) is 0 Å². The Morgan fingerprint density at radius 1 is 1.12 bits per heavy atom. The Morgan fingerprint density at radius 2 is 1.81 bits per heavy atom. The van der Waals surface area contributed by atoms with Gasteiger partial charge in [-0.15, -0.1) is 10.2 Å². The molecule has 5 nitrogen and oxygen atoms in total. The summed E-state index contributed by atoms with van der Waals surface area (Å²) in [6, 6.07) is 17.8. The Labute approximate surface area is 157 Å². The van der Waals surface area contributed by atoms with E-state index in [1.54, 1.807) is 11.9 Å². The molecule has 0 N–H and O–H groups in total. The van der Waals surface area contributed by atoms with Gasteiger partial charge in [0.2, 0.25) is 11.8 Å². The number of carbonyl (C=O) groups is 1. The van der Waals surface area contributed by atoms with Crippen molar-refractivity contribution in [3.05, 3.63) is 65.7 Å². The molecule has 0 aliphatic heterocycles. The van der Waals surface area contributed by atoms with Gasteiger partial charge in [-0.1, -0.05) is 59.8 Å². The fraction of sp³-hybridized carbons (Fsp3) is 0.250. The van der Waals surface area contributed by atoms with Crippen LogP contribution in [-0.2, 0) is 11.3 Å². The van der Waals surface area contributed by atoms with Gasteiger partial charge in [0, 0.05) is 19.2 Å². The maximum atomic E-state index is 12.6. The van der Waals surface area contributed by atoms with E-state index in [0.717, 1.165) is 11.1 Å². The van der Waals surface area contributed by atoms with E-state index in [1.807, 2.05) is 68.4 Å². The van der Waals surface area contributed by atoms with Crippen LogP contribution in [0, 0.1) is 6.92 Å². The summed E-state index contributed by atoms with van der Waals surface area (Å²) in [5, 5.41) is 8.22. The predicted molar refractivity (Wildman–Crippen MR) is 103 cm³/mol. The summed E-state index contributed by atoms with van der Waals surface area (Å²) in [4.78, 5) is 14.3. The van der Waals surface area contributed by atoms with E-state index >= 15 is 0 Å². The van der Waals surface area contributed by atoms with Crippen LogP contribution >= 0.6 is 11.8 Å². The predicted octanol–water partition coefficient (Wildman–Crippen LogP) is 4.18. The van der Waals surface area contributed by atoms with Gasteiger partial charge in [0.1, 0.15) is 0 Å². The summed E-state index contributed by atoms with van der Waals surface area (Å²) in [6.07, 6.45) is 0. The summed E-state index contributed by atoms with van der Waals surface area (Å²) >= 11 is 1.28. The van der Waals surface area contributed by atoms with Crippen LogP contribution < -0.4 is 0 Å². The first kappa shape index (κ1) is 18.2. The second-order valence-electron chi connectivity index (χ2n) is 6.18. The number of hydrogen-bond acceptors (Lipinski definition) is 5. The van der Waals surface area contributed by atoms with Crippen molar-refractivity contribution in [3.8, 4) is 11.5 Å². The summed E-state index contributed by atoms with van der Waals surface area (Å²) in [7, 11) is 1.80. The van der Waals surface area contributed by atoms with Crippen molar-refractivity contribution in [3.63, 3.8) is 0 Å². The van der Waals surface area contributed by atoms with E-state index in [4.69, 9.17) is 4.42 Å². The van der Waals surface area contributed by atoms with Gasteiger partial charge in [0.15, 0.2) is 0 Å². The second kappa shape index (κ2) is 8.19. The number of aryl methyl sites for hydroxylation is 1. The third kappa shape index (κ3) is 4.52. The molecule has 26 heavy (non-hydrogen) atoms. The van der Waals surface area contributed by atoms with E-state index < -0.39 is 0 Å². The maximum Gasteiger partial charge on any atom is 0.277 e. The van der Waals surface area contributed by atoms with Crippen molar-refractivity contribution >= 4 is 17.7 Å². The second-order valence-corrected chi connectivity index (χ2v) is 7.47. The van der Waals surface area contributed by atoms with Crippen molar-refractivity contribution in [2.75, 3.05) is 7.05 Å². The van der Waals surface area contributed by atoms with Gasteiger partial charge in [-0.2, -0.15) is 0 Å². The molecule has 0 aliphatic carbocycles. The molecule has 0 spiro atoms. The fourth-order valence-corrected chi connectivity index (χ4v) is 3.32. The molecule has 0 radical (unpaired) electrons. The van der Waals surface area contributed by atoms with Gasteiger partial charge in [-0.25, -0.2) is 0 Å². The lowest BCUT2D eigenvalue weighted by Gasteiger charge is -2.20. The minimum atomic E-state index is -0.310. The highest BCUT2D eigenvalue weighted by Gasteiger charge is 2.22. The quantitative estimate of drug-likeness (QED) is 0.612. The van der Waals surface area contributed by atoms with Crippen LogP contribution in [-0.4, -0.2) is 33.3 Å². The molecule has 2 aromatic carbocycles. The first-order chi connectivity index (χ1) is 12.5. The number of amides is 1. The molecule has 0 bridgehead atoms. The minimum absolute atomic E-state index is 0.0222. The van der Waals surface area contributed by atoms with Gasteiger partial charge in [0.25, 0.3) is 5.22 Å². The van der Waals surface area contributed by atoms with Gasteiger partial charge in [0.05, 0.1) is 5.25 Å². The summed E-state index contributed by atoms with van der Waals surface area (Å²) in [6.45, 7) is 4.45. The first-order valence-electron chi connectivity index (χ1n) is 8.39. The molecule has 6 heteroatoms. The van der Waals surface area contributed by atoms with E-state index in [-0.39, 0.29) is 11.2 Å². The molecule has 0 aliphatic rings. The lowest BCUT2D eigenvalue weighted by molar-refractivity contribution is -0.129. The standard InChI is InChI=1S/C20H21N3O2S/c1-14-9-11-17(12-10-14)18-21-22-20(25-18)26-15(2)19(24)23(3)13-16-7-5-4-6-8-16/h4-12,15H,13H2,1-3H3/t15-/m0/s1. The molecule has 134 valence electrons. The molecule has 1 heterocycles. The van der Waals surface area contributed by atoms with Gasteiger partial charge >= 0.3 is 0 Å². The zero-order valence-corrected chi connectivity index (χ0v) is 15.9. The Morgan fingerprint density at radius 3 is 2.50 bits per heavy atom. The highest BCUT2D eigenvalue weighted by atomic mass is 32.2. The zero-order valence-electron chi connectivity index (χ0n) is 15.0. The molecule has 1 aromatic heterocycles. The topological polar surface area (TPSA) is 59.2 Å². The zero-order chi connectivity index (χ0) is 18.5. The molecule has 0 fully saturated rings. The number of hydrogen-bond donors (Lipinski definition) is 0. The largest absolute Gasteiger partial charge is 0.411 e. The first-order valence-corrected chi connectivity index (χ1v) is 9.27. The average molecular weight is 367 g/mol. The number of carbonyl (C=O) groups excluding carboxylic acids is 1. The Bertz CT molecular complexity index is 862. The molecule has 1 amide bonds. The van der Waals surface area contributed by atoms with Crippen molar-refractivity contribution in [2.24, 2.45) is 0 Å². The fourth-order valence-electron chi connectivity index (χ4n) is 2.52. The van der Waals surface area contributed by atoms with Crippen molar-refractivity contribution < 1.29 is 9.21 Å². The highest BCUT2D eigenvalue weighted by molar-refractivity contribution is 8.00. The van der Waals surface area contributed by atoms with Crippen LogP contribution in [0.4, 0.5) is 0 Å². The summed E-state index contributed by atoms with van der Waals surface area (Å²) in [5.74, 6) is 0.485. The minimum Gasteiger partial charge on any atom is -0.411 e. The molecule has 0 saturated heterocycles. The van der Waals surface area contributed by atoms with Crippen molar-refractivity contribution in [1.82, 2.24) is 15.1 Å². The van der Waals surface area contributed by atoms with Gasteiger partial charge < -0.3 is 9.32 Å². The third-order valence-electron chi connectivity index (χ3n) is 3.97.